The SMILES string of the molecule is C=CCN(C=O)/C(CO)=N/[N-]C.CC.[Y]. The van der Waals surface area contributed by atoms with Crippen molar-refractivity contribution in [2.45, 2.75) is 13.8 Å². The minimum absolute atomic E-state index is 0. The maximum atomic E-state index is 10.4. The van der Waals surface area contributed by atoms with E-state index < -0.39 is 0 Å². The first-order valence-electron chi connectivity index (χ1n) is 4.39. The van der Waals surface area contributed by atoms with Crippen LogP contribution >= 0.6 is 0 Å². The molecule has 0 atom stereocenters. The fourth-order valence-electron chi connectivity index (χ4n) is 0.644. The zero-order valence-corrected chi connectivity index (χ0v) is 12.4. The van der Waals surface area contributed by atoms with Gasteiger partial charge in [-0.2, -0.15) is 0 Å². The Morgan fingerprint density at radius 3 is 2.40 bits per heavy atom. The van der Waals surface area contributed by atoms with E-state index in [0.29, 0.717) is 13.0 Å². The zero-order chi connectivity index (χ0) is 11.4. The Morgan fingerprint density at radius 2 is 2.13 bits per heavy atom. The van der Waals surface area contributed by atoms with E-state index in [-0.39, 0.29) is 45.2 Å². The van der Waals surface area contributed by atoms with E-state index in [0.717, 1.165) is 0 Å². The van der Waals surface area contributed by atoms with Crippen LogP contribution in [0.15, 0.2) is 17.8 Å². The summed E-state index contributed by atoms with van der Waals surface area (Å²) >= 11 is 0. The fourth-order valence-corrected chi connectivity index (χ4v) is 0.644. The number of amides is 1. The van der Waals surface area contributed by atoms with E-state index in [1.54, 1.807) is 0 Å². The molecule has 0 aliphatic rings. The predicted octanol–water partition coefficient (Wildman–Crippen LogP) is 0.964. The molecular formula is C9H18N3O2Y-. The van der Waals surface area contributed by atoms with Crippen LogP contribution in [0.4, 0.5) is 0 Å². The van der Waals surface area contributed by atoms with Crippen molar-refractivity contribution in [2.75, 3.05) is 20.2 Å². The van der Waals surface area contributed by atoms with Crippen molar-refractivity contribution in [1.82, 2.24) is 4.90 Å². The summed E-state index contributed by atoms with van der Waals surface area (Å²) in [5.41, 5.74) is 3.45. The Morgan fingerprint density at radius 1 is 1.60 bits per heavy atom. The molecule has 0 aromatic heterocycles. The van der Waals surface area contributed by atoms with Gasteiger partial charge in [0.05, 0.1) is 6.61 Å². The molecule has 0 spiro atoms. The molecule has 0 aliphatic heterocycles. The summed E-state index contributed by atoms with van der Waals surface area (Å²) in [7, 11) is 1.46. The molecule has 15 heavy (non-hydrogen) atoms. The van der Waals surface area contributed by atoms with E-state index in [4.69, 9.17) is 5.11 Å². The third-order valence-corrected chi connectivity index (χ3v) is 1.14. The average Bonchev–Trinajstić information content (AvgIpc) is 2.26. The van der Waals surface area contributed by atoms with Crippen LogP contribution in [0.1, 0.15) is 13.8 Å². The van der Waals surface area contributed by atoms with Gasteiger partial charge in [-0.25, -0.2) is 0 Å². The van der Waals surface area contributed by atoms with E-state index in [9.17, 15) is 4.79 Å². The number of rotatable bonds is 5. The van der Waals surface area contributed by atoms with Gasteiger partial charge >= 0.3 is 0 Å². The second kappa shape index (κ2) is 16.2. The van der Waals surface area contributed by atoms with Crippen LogP contribution in [0.25, 0.3) is 5.43 Å². The molecule has 0 fully saturated rings. The molecule has 85 valence electrons. The summed E-state index contributed by atoms with van der Waals surface area (Å²) in [6.45, 7) is 7.46. The molecule has 0 rings (SSSR count). The van der Waals surface area contributed by atoms with Crippen LogP contribution in [0.3, 0.4) is 0 Å². The smallest absolute Gasteiger partial charge is 0.215 e. The van der Waals surface area contributed by atoms with Gasteiger partial charge in [-0.3, -0.25) is 9.69 Å². The van der Waals surface area contributed by atoms with E-state index in [2.05, 4.69) is 17.1 Å². The van der Waals surface area contributed by atoms with Gasteiger partial charge in [0.15, 0.2) is 0 Å². The average molecular weight is 289 g/mol. The number of carbonyl (C=O) groups is 1. The quantitative estimate of drug-likeness (QED) is 0.269. The molecule has 5 nitrogen and oxygen atoms in total. The van der Waals surface area contributed by atoms with Gasteiger partial charge in [-0.05, 0) is 0 Å². The van der Waals surface area contributed by atoms with Gasteiger partial charge in [0.25, 0.3) is 0 Å². The summed E-state index contributed by atoms with van der Waals surface area (Å²) in [5, 5.41) is 12.3. The van der Waals surface area contributed by atoms with Gasteiger partial charge in [0.1, 0.15) is 5.84 Å². The van der Waals surface area contributed by atoms with Crippen molar-refractivity contribution >= 4 is 12.2 Å². The second-order valence-corrected chi connectivity index (χ2v) is 1.92. The van der Waals surface area contributed by atoms with Crippen molar-refractivity contribution in [3.05, 3.63) is 18.1 Å². The summed E-state index contributed by atoms with van der Waals surface area (Å²) in [4.78, 5) is 11.6. The topological polar surface area (TPSA) is 67.0 Å². The van der Waals surface area contributed by atoms with Crippen LogP contribution in [-0.2, 0) is 37.5 Å². The van der Waals surface area contributed by atoms with Gasteiger partial charge in [-0.1, -0.05) is 19.9 Å². The van der Waals surface area contributed by atoms with Gasteiger partial charge in [0, 0.05) is 39.3 Å². The Balaban J connectivity index is -0.000000449. The molecule has 0 aromatic rings. The molecule has 0 bridgehead atoms. The van der Waals surface area contributed by atoms with Crippen LogP contribution in [-0.4, -0.2) is 42.5 Å². The van der Waals surface area contributed by atoms with Crippen LogP contribution in [0.5, 0.6) is 0 Å². The predicted molar refractivity (Wildman–Crippen MR) is 58.1 cm³/mol. The Bertz CT molecular complexity index is 186. The molecule has 0 aliphatic carbocycles. The molecular weight excluding hydrogens is 271 g/mol. The van der Waals surface area contributed by atoms with Crippen molar-refractivity contribution < 1.29 is 42.6 Å². The number of carbonyl (C=O) groups excluding carboxylic acids is 1. The molecule has 0 aromatic carbocycles. The van der Waals surface area contributed by atoms with E-state index in [1.807, 2.05) is 13.8 Å². The minimum Gasteiger partial charge on any atom is -0.603 e. The van der Waals surface area contributed by atoms with Gasteiger partial charge in [0.2, 0.25) is 6.41 Å². The minimum atomic E-state index is -0.316. The maximum Gasteiger partial charge on any atom is 0.215 e. The Hall–Kier alpha value is -0.256. The summed E-state index contributed by atoms with van der Waals surface area (Å²) < 4.78 is 0. The second-order valence-electron chi connectivity index (χ2n) is 1.92. The third kappa shape index (κ3) is 10.0. The first-order chi connectivity index (χ1) is 6.79. The van der Waals surface area contributed by atoms with Crippen molar-refractivity contribution in [3.8, 4) is 0 Å². The molecule has 1 radical (unpaired) electrons. The zero-order valence-electron chi connectivity index (χ0n) is 9.55. The number of amidine groups is 1. The molecule has 1 amide bonds. The van der Waals surface area contributed by atoms with Crippen molar-refractivity contribution in [1.29, 1.82) is 0 Å². The first kappa shape index (κ1) is 20.2. The fraction of sp³-hybridized carbons (Fsp3) is 0.556. The monoisotopic (exact) mass is 289 g/mol. The molecule has 0 heterocycles. The molecule has 0 saturated heterocycles. The van der Waals surface area contributed by atoms with Crippen molar-refractivity contribution in [2.24, 2.45) is 5.10 Å². The molecule has 1 N–H and O–H groups in total. The maximum absolute atomic E-state index is 10.4. The molecule has 0 saturated carbocycles. The number of hydrogen-bond acceptors (Lipinski definition) is 3. The van der Waals surface area contributed by atoms with E-state index in [1.165, 1.54) is 18.0 Å². The summed E-state index contributed by atoms with van der Waals surface area (Å²) in [5.74, 6) is 0.215. The standard InChI is InChI=1S/C7H12N3O2.C2H6.Y/c1-3-4-10(6-12)7(5-11)9-8-2;1-2;/h3,6,11H,1,4-5H2,2H3;1-2H3;/q-1;;/b9-7+;;. The molecule has 6 heteroatoms. The summed E-state index contributed by atoms with van der Waals surface area (Å²) in [6, 6.07) is 0. The van der Waals surface area contributed by atoms with Gasteiger partial charge < -0.3 is 15.6 Å². The van der Waals surface area contributed by atoms with Gasteiger partial charge in [-0.15, -0.1) is 13.6 Å². The van der Waals surface area contributed by atoms with E-state index >= 15 is 0 Å². The number of aliphatic hydroxyl groups excluding tert-OH is 1. The largest absolute Gasteiger partial charge is 0.603 e. The Kier molecular flexibility index (Phi) is 21.8. The number of hydrogen-bond donors (Lipinski definition) is 1. The Labute approximate surface area is 116 Å². The van der Waals surface area contributed by atoms with Crippen molar-refractivity contribution in [3.63, 3.8) is 0 Å². The normalized spacial score (nSPS) is 8.93. The van der Waals surface area contributed by atoms with Crippen LogP contribution in [0.2, 0.25) is 0 Å². The van der Waals surface area contributed by atoms with Crippen LogP contribution < -0.4 is 0 Å². The number of aliphatic hydroxyl groups is 1. The third-order valence-electron chi connectivity index (χ3n) is 1.14. The number of nitrogens with zero attached hydrogens (tertiary/aromatic N) is 3. The van der Waals surface area contributed by atoms with Crippen LogP contribution in [0, 0.1) is 0 Å². The molecule has 0 unspecified atom stereocenters. The first-order valence-corrected chi connectivity index (χ1v) is 4.39. The summed E-state index contributed by atoms with van der Waals surface area (Å²) in [6.07, 6.45) is 2.11.